The molecular weight excluding hydrogens is 332 g/mol. The number of carbonyl (C=O) groups excluding carboxylic acids is 1. The number of carbonyl (C=O) groups is 1. The van der Waals surface area contributed by atoms with E-state index >= 15 is 0 Å². The topological polar surface area (TPSA) is 23.6 Å². The van der Waals surface area contributed by atoms with Crippen LogP contribution in [-0.4, -0.2) is 30.9 Å². The molecule has 0 saturated heterocycles. The van der Waals surface area contributed by atoms with Gasteiger partial charge in [0.15, 0.2) is 0 Å². The van der Waals surface area contributed by atoms with Crippen LogP contribution in [-0.2, 0) is 11.2 Å². The number of rotatable bonds is 5. The van der Waals surface area contributed by atoms with E-state index in [1.54, 1.807) is 0 Å². The Morgan fingerprint density at radius 3 is 2.07 bits per heavy atom. The van der Waals surface area contributed by atoms with E-state index in [0.717, 1.165) is 24.1 Å². The minimum absolute atomic E-state index is 0.0854. The number of anilines is 1. The lowest BCUT2D eigenvalue weighted by Gasteiger charge is -2.31. The molecule has 0 unspecified atom stereocenters. The zero-order valence-corrected chi connectivity index (χ0v) is 15.6. The van der Waals surface area contributed by atoms with Crippen LogP contribution in [0.4, 0.5) is 5.69 Å². The molecule has 1 amide bonds. The predicted molar refractivity (Wildman–Crippen MR) is 110 cm³/mol. The van der Waals surface area contributed by atoms with Gasteiger partial charge < -0.3 is 9.80 Å². The van der Waals surface area contributed by atoms with Crippen molar-refractivity contribution in [3.8, 4) is 0 Å². The fraction of sp³-hybridized carbons (Fsp3) is 0.208. The monoisotopic (exact) mass is 356 g/mol. The lowest BCUT2D eigenvalue weighted by Crippen LogP contribution is -2.40. The fourth-order valence-electron chi connectivity index (χ4n) is 3.90. The van der Waals surface area contributed by atoms with E-state index in [9.17, 15) is 4.79 Å². The standard InChI is InChI=1S/C24H24N2O/c1-25(23(27)18-26-17-16-19-10-8-9-15-22(19)26)24(20-11-4-2-5-12-20)21-13-6-3-7-14-21/h2-15,24H,16-18H2,1H3. The second-order valence-electron chi connectivity index (χ2n) is 7.03. The highest BCUT2D eigenvalue weighted by atomic mass is 16.2. The van der Waals surface area contributed by atoms with Gasteiger partial charge in [-0.15, -0.1) is 0 Å². The first-order chi connectivity index (χ1) is 13.2. The molecular formula is C24H24N2O. The summed E-state index contributed by atoms with van der Waals surface area (Å²) in [4.78, 5) is 17.3. The van der Waals surface area contributed by atoms with Gasteiger partial charge >= 0.3 is 0 Å². The third-order valence-electron chi connectivity index (χ3n) is 5.32. The number of nitrogens with zero attached hydrogens (tertiary/aromatic N) is 2. The van der Waals surface area contributed by atoms with E-state index in [1.807, 2.05) is 54.4 Å². The van der Waals surface area contributed by atoms with Crippen LogP contribution < -0.4 is 4.90 Å². The van der Waals surface area contributed by atoms with Gasteiger partial charge in [0, 0.05) is 19.3 Å². The Bertz CT molecular complexity index is 868. The quantitative estimate of drug-likeness (QED) is 0.681. The van der Waals surface area contributed by atoms with E-state index < -0.39 is 0 Å². The molecule has 0 fully saturated rings. The van der Waals surface area contributed by atoms with Crippen LogP contribution in [0.25, 0.3) is 0 Å². The molecule has 1 aliphatic heterocycles. The second kappa shape index (κ2) is 7.67. The fourth-order valence-corrected chi connectivity index (χ4v) is 3.90. The normalized spacial score (nSPS) is 12.9. The van der Waals surface area contributed by atoms with E-state index in [4.69, 9.17) is 0 Å². The molecule has 1 aliphatic rings. The molecule has 0 aromatic heterocycles. The third kappa shape index (κ3) is 3.59. The predicted octanol–water partition coefficient (Wildman–Crippen LogP) is 4.30. The smallest absolute Gasteiger partial charge is 0.242 e. The van der Waals surface area contributed by atoms with Crippen LogP contribution in [0.1, 0.15) is 22.7 Å². The van der Waals surface area contributed by atoms with E-state index in [-0.39, 0.29) is 11.9 Å². The molecule has 3 nitrogen and oxygen atoms in total. The number of hydrogen-bond acceptors (Lipinski definition) is 2. The molecule has 0 aliphatic carbocycles. The van der Waals surface area contributed by atoms with Crippen molar-refractivity contribution in [3.05, 3.63) is 102 Å². The summed E-state index contributed by atoms with van der Waals surface area (Å²) in [6.07, 6.45) is 1.01. The Balaban J connectivity index is 1.58. The maximum absolute atomic E-state index is 13.2. The summed E-state index contributed by atoms with van der Waals surface area (Å²) in [6, 6.07) is 28.8. The lowest BCUT2D eigenvalue weighted by atomic mass is 9.97. The van der Waals surface area contributed by atoms with Crippen LogP contribution in [0.3, 0.4) is 0 Å². The molecule has 3 aromatic carbocycles. The molecule has 1 heterocycles. The average Bonchev–Trinajstić information content (AvgIpc) is 3.13. The molecule has 0 bridgehead atoms. The Morgan fingerprint density at radius 2 is 1.44 bits per heavy atom. The molecule has 136 valence electrons. The van der Waals surface area contributed by atoms with Crippen molar-refractivity contribution in [2.75, 3.05) is 25.0 Å². The second-order valence-corrected chi connectivity index (χ2v) is 7.03. The SMILES string of the molecule is CN(C(=O)CN1CCc2ccccc21)C(c1ccccc1)c1ccccc1. The van der Waals surface area contributed by atoms with Gasteiger partial charge in [0.25, 0.3) is 0 Å². The van der Waals surface area contributed by atoms with Gasteiger partial charge in [-0.2, -0.15) is 0 Å². The van der Waals surface area contributed by atoms with E-state index in [1.165, 1.54) is 11.3 Å². The number of hydrogen-bond donors (Lipinski definition) is 0. The molecule has 3 aromatic rings. The highest BCUT2D eigenvalue weighted by Gasteiger charge is 2.27. The molecule has 0 saturated carbocycles. The highest BCUT2D eigenvalue weighted by molar-refractivity contribution is 5.83. The zero-order valence-electron chi connectivity index (χ0n) is 15.6. The van der Waals surface area contributed by atoms with Crippen molar-refractivity contribution in [2.24, 2.45) is 0 Å². The van der Waals surface area contributed by atoms with Gasteiger partial charge in [-0.3, -0.25) is 4.79 Å². The van der Waals surface area contributed by atoms with Crippen molar-refractivity contribution in [3.63, 3.8) is 0 Å². The Kier molecular flexibility index (Phi) is 4.93. The summed E-state index contributed by atoms with van der Waals surface area (Å²) in [5, 5.41) is 0. The first kappa shape index (κ1) is 17.3. The van der Waals surface area contributed by atoms with Gasteiger partial charge in [0.1, 0.15) is 0 Å². The molecule has 0 N–H and O–H groups in total. The number of para-hydroxylation sites is 1. The van der Waals surface area contributed by atoms with Crippen LogP contribution in [0.2, 0.25) is 0 Å². The Morgan fingerprint density at radius 1 is 0.889 bits per heavy atom. The maximum atomic E-state index is 13.2. The minimum atomic E-state index is -0.0854. The van der Waals surface area contributed by atoms with Crippen LogP contribution in [0.5, 0.6) is 0 Å². The summed E-state index contributed by atoms with van der Waals surface area (Å²) in [6.45, 7) is 1.31. The van der Waals surface area contributed by atoms with Crippen molar-refractivity contribution in [1.29, 1.82) is 0 Å². The summed E-state index contributed by atoms with van der Waals surface area (Å²) >= 11 is 0. The van der Waals surface area contributed by atoms with E-state index in [2.05, 4.69) is 47.4 Å². The lowest BCUT2D eigenvalue weighted by molar-refractivity contribution is -0.129. The van der Waals surface area contributed by atoms with Gasteiger partial charge in [0.2, 0.25) is 5.91 Å². The van der Waals surface area contributed by atoms with Gasteiger partial charge in [-0.1, -0.05) is 78.9 Å². The van der Waals surface area contributed by atoms with Crippen LogP contribution >= 0.6 is 0 Å². The molecule has 3 heteroatoms. The summed E-state index contributed by atoms with van der Waals surface area (Å²) in [5.41, 5.74) is 4.77. The molecule has 0 radical (unpaired) electrons. The first-order valence-electron chi connectivity index (χ1n) is 9.42. The zero-order chi connectivity index (χ0) is 18.6. The summed E-state index contributed by atoms with van der Waals surface area (Å²) < 4.78 is 0. The maximum Gasteiger partial charge on any atom is 0.242 e. The first-order valence-corrected chi connectivity index (χ1v) is 9.42. The number of fused-ring (bicyclic) bond motifs is 1. The van der Waals surface area contributed by atoms with Gasteiger partial charge in [-0.25, -0.2) is 0 Å². The summed E-state index contributed by atoms with van der Waals surface area (Å²) in [7, 11) is 1.91. The number of amides is 1. The number of benzene rings is 3. The van der Waals surface area contributed by atoms with Gasteiger partial charge in [0.05, 0.1) is 12.6 Å². The van der Waals surface area contributed by atoms with Crippen LogP contribution in [0.15, 0.2) is 84.9 Å². The Hall–Kier alpha value is -3.07. The van der Waals surface area contributed by atoms with Crippen molar-refractivity contribution >= 4 is 11.6 Å². The van der Waals surface area contributed by atoms with E-state index in [0.29, 0.717) is 6.54 Å². The van der Waals surface area contributed by atoms with Gasteiger partial charge in [-0.05, 0) is 29.2 Å². The van der Waals surface area contributed by atoms with Crippen LogP contribution in [0, 0.1) is 0 Å². The average molecular weight is 356 g/mol. The number of likely N-dealkylation sites (N-methyl/N-ethyl adjacent to an activating group) is 1. The molecule has 0 spiro atoms. The van der Waals surface area contributed by atoms with Crippen molar-refractivity contribution in [2.45, 2.75) is 12.5 Å². The molecule has 27 heavy (non-hydrogen) atoms. The van der Waals surface area contributed by atoms with Crippen molar-refractivity contribution in [1.82, 2.24) is 4.90 Å². The molecule has 0 atom stereocenters. The van der Waals surface area contributed by atoms with Crippen molar-refractivity contribution < 1.29 is 4.79 Å². The minimum Gasteiger partial charge on any atom is -0.362 e. The third-order valence-corrected chi connectivity index (χ3v) is 5.32. The highest BCUT2D eigenvalue weighted by Crippen LogP contribution is 2.30. The molecule has 4 rings (SSSR count). The largest absolute Gasteiger partial charge is 0.362 e. The summed E-state index contributed by atoms with van der Waals surface area (Å²) in [5.74, 6) is 0.129. The Labute approximate surface area is 160 Å².